The molecule has 6 nitrogen and oxygen atoms in total. The maximum absolute atomic E-state index is 13.2. The van der Waals surface area contributed by atoms with Gasteiger partial charge in [-0.25, -0.2) is 9.10 Å². The zero-order valence-electron chi connectivity index (χ0n) is 20.1. The van der Waals surface area contributed by atoms with Crippen LogP contribution in [0.1, 0.15) is 37.8 Å². The molecule has 0 fully saturated rings. The van der Waals surface area contributed by atoms with Gasteiger partial charge in [0.05, 0.1) is 11.7 Å². The lowest BCUT2D eigenvalue weighted by Gasteiger charge is -2.29. The molecular formula is C25H33F3N2O4S. The first kappa shape index (κ1) is 29.0. The molecule has 194 valence electrons. The van der Waals surface area contributed by atoms with Crippen LogP contribution < -0.4 is 10.1 Å². The third-order valence-corrected chi connectivity index (χ3v) is 6.13. The number of hydrogen-bond donors (Lipinski definition) is 3. The topological polar surface area (TPSA) is 82.0 Å². The van der Waals surface area contributed by atoms with Crippen LogP contribution in [0.4, 0.5) is 13.2 Å². The van der Waals surface area contributed by atoms with Gasteiger partial charge in [-0.3, -0.25) is 0 Å². The lowest BCUT2D eigenvalue weighted by atomic mass is 9.95. The van der Waals surface area contributed by atoms with Gasteiger partial charge in [-0.1, -0.05) is 30.3 Å². The Hall–Kier alpha value is -2.27. The van der Waals surface area contributed by atoms with Crippen molar-refractivity contribution < 1.29 is 32.9 Å². The number of carboxylic acid groups (broad SMARTS) is 1. The maximum atomic E-state index is 13.2. The summed E-state index contributed by atoms with van der Waals surface area (Å²) in [7, 11) is 1.66. The van der Waals surface area contributed by atoms with Crippen LogP contribution in [-0.2, 0) is 17.4 Å². The van der Waals surface area contributed by atoms with Gasteiger partial charge in [0.25, 0.3) is 0 Å². The lowest BCUT2D eigenvalue weighted by molar-refractivity contribution is -0.139. The number of aliphatic hydroxyl groups excluding tert-OH is 1. The maximum Gasteiger partial charge on any atom is 0.416 e. The van der Waals surface area contributed by atoms with Gasteiger partial charge in [-0.2, -0.15) is 13.2 Å². The Morgan fingerprint density at radius 2 is 1.86 bits per heavy atom. The van der Waals surface area contributed by atoms with E-state index in [0.29, 0.717) is 6.54 Å². The standard InChI is InChI=1S/C25H33F3N2O4S/c1-24(2,11-7-10-18-8-5-4-6-9-18)29-15-20(31)16-30(3)35-22-13-19(25(26,27)28)12-21(14-22)34-17-23(32)33/h4-6,8-9,12-14,20,29,31H,7,10-11,15-17H2,1-3H3,(H,32,33)/t20-/m1/s1. The highest BCUT2D eigenvalue weighted by molar-refractivity contribution is 7.97. The van der Waals surface area contributed by atoms with Gasteiger partial charge in [-0.05, 0) is 75.9 Å². The molecule has 0 aliphatic heterocycles. The van der Waals surface area contributed by atoms with Crippen LogP contribution in [-0.4, -0.2) is 58.9 Å². The molecule has 2 aromatic rings. The fourth-order valence-corrected chi connectivity index (χ4v) is 4.41. The molecule has 0 saturated heterocycles. The first-order chi connectivity index (χ1) is 16.3. The number of rotatable bonds is 14. The minimum atomic E-state index is -4.61. The molecule has 0 saturated carbocycles. The second kappa shape index (κ2) is 13.2. The highest BCUT2D eigenvalue weighted by Crippen LogP contribution is 2.36. The third kappa shape index (κ3) is 11.3. The summed E-state index contributed by atoms with van der Waals surface area (Å²) in [6, 6.07) is 13.3. The Bertz CT molecular complexity index is 942. The van der Waals surface area contributed by atoms with Crippen molar-refractivity contribution in [1.82, 2.24) is 9.62 Å². The number of halogens is 3. The number of alkyl halides is 3. The largest absolute Gasteiger partial charge is 0.482 e. The van der Waals surface area contributed by atoms with Gasteiger partial charge >= 0.3 is 12.1 Å². The van der Waals surface area contributed by atoms with E-state index in [1.54, 1.807) is 11.4 Å². The number of aryl methyl sites for hydroxylation is 1. The summed E-state index contributed by atoms with van der Waals surface area (Å²) in [5, 5.41) is 22.6. The van der Waals surface area contributed by atoms with Crippen molar-refractivity contribution in [2.75, 3.05) is 26.7 Å². The highest BCUT2D eigenvalue weighted by Gasteiger charge is 2.32. The van der Waals surface area contributed by atoms with Crippen LogP contribution in [0.25, 0.3) is 0 Å². The molecule has 0 amide bonds. The summed E-state index contributed by atoms with van der Waals surface area (Å²) in [5.41, 5.74) is 0.169. The first-order valence-corrected chi connectivity index (χ1v) is 12.0. The Morgan fingerprint density at radius 3 is 2.49 bits per heavy atom. The Kier molecular flexibility index (Phi) is 10.9. The van der Waals surface area contributed by atoms with Crippen molar-refractivity contribution in [1.29, 1.82) is 0 Å². The predicted octanol–water partition coefficient (Wildman–Crippen LogP) is 4.86. The smallest absolute Gasteiger partial charge is 0.416 e. The molecule has 1 atom stereocenters. The van der Waals surface area contributed by atoms with Crippen molar-refractivity contribution in [3.63, 3.8) is 0 Å². The van der Waals surface area contributed by atoms with Crippen LogP contribution in [0, 0.1) is 0 Å². The normalized spacial score (nSPS) is 13.1. The second-order valence-corrected chi connectivity index (χ2v) is 10.3. The molecule has 0 radical (unpaired) electrons. The number of carbonyl (C=O) groups is 1. The van der Waals surface area contributed by atoms with Crippen LogP contribution >= 0.6 is 11.9 Å². The van der Waals surface area contributed by atoms with Gasteiger partial charge in [0.2, 0.25) is 0 Å². The van der Waals surface area contributed by atoms with Crippen molar-refractivity contribution in [3.05, 3.63) is 59.7 Å². The molecule has 0 bridgehead atoms. The predicted molar refractivity (Wildman–Crippen MR) is 131 cm³/mol. The zero-order chi connectivity index (χ0) is 26.1. The number of carboxylic acids is 1. The molecule has 10 heteroatoms. The Morgan fingerprint density at radius 1 is 1.17 bits per heavy atom. The summed E-state index contributed by atoms with van der Waals surface area (Å²) >= 11 is 1.01. The molecule has 0 unspecified atom stereocenters. The zero-order valence-corrected chi connectivity index (χ0v) is 21.0. The minimum absolute atomic E-state index is 0.182. The molecule has 3 N–H and O–H groups in total. The molecule has 0 aliphatic carbocycles. The Balaban J connectivity index is 1.86. The number of hydrogen-bond acceptors (Lipinski definition) is 6. The molecule has 0 aromatic heterocycles. The van der Waals surface area contributed by atoms with Crippen LogP contribution in [0.2, 0.25) is 0 Å². The average Bonchev–Trinajstić information content (AvgIpc) is 2.76. The molecule has 35 heavy (non-hydrogen) atoms. The number of ether oxygens (including phenoxy) is 1. The first-order valence-electron chi connectivity index (χ1n) is 11.3. The second-order valence-electron chi connectivity index (χ2n) is 9.03. The van der Waals surface area contributed by atoms with Crippen molar-refractivity contribution in [2.24, 2.45) is 0 Å². The summed E-state index contributed by atoms with van der Waals surface area (Å²) < 4.78 is 46.3. The molecular weight excluding hydrogens is 481 g/mol. The van der Waals surface area contributed by atoms with E-state index in [9.17, 15) is 23.1 Å². The quantitative estimate of drug-likeness (QED) is 0.311. The van der Waals surface area contributed by atoms with Gasteiger partial charge in [0.1, 0.15) is 5.75 Å². The van der Waals surface area contributed by atoms with Crippen molar-refractivity contribution >= 4 is 17.9 Å². The highest BCUT2D eigenvalue weighted by atomic mass is 32.2. The van der Waals surface area contributed by atoms with E-state index in [0.717, 1.165) is 43.3 Å². The number of nitrogens with one attached hydrogen (secondary N) is 1. The van der Waals surface area contributed by atoms with Gasteiger partial charge in [0.15, 0.2) is 6.61 Å². The van der Waals surface area contributed by atoms with E-state index >= 15 is 0 Å². The summed E-state index contributed by atoms with van der Waals surface area (Å²) in [6.45, 7) is 3.94. The minimum Gasteiger partial charge on any atom is -0.482 e. The van der Waals surface area contributed by atoms with Crippen LogP contribution in [0.3, 0.4) is 0 Å². The van der Waals surface area contributed by atoms with E-state index in [2.05, 4.69) is 31.3 Å². The summed E-state index contributed by atoms with van der Waals surface area (Å²) in [4.78, 5) is 10.9. The number of nitrogens with zero attached hydrogens (tertiary/aromatic N) is 1. The van der Waals surface area contributed by atoms with Gasteiger partial charge in [-0.15, -0.1) is 0 Å². The fraction of sp³-hybridized carbons (Fsp3) is 0.480. The molecule has 0 heterocycles. The van der Waals surface area contributed by atoms with Gasteiger partial charge < -0.3 is 20.3 Å². The fourth-order valence-electron chi connectivity index (χ4n) is 3.46. The van der Waals surface area contributed by atoms with E-state index in [1.807, 2.05) is 18.2 Å². The van der Waals surface area contributed by atoms with E-state index < -0.39 is 30.4 Å². The van der Waals surface area contributed by atoms with E-state index in [4.69, 9.17) is 9.84 Å². The average molecular weight is 515 g/mol. The molecule has 2 rings (SSSR count). The van der Waals surface area contributed by atoms with Crippen molar-refractivity contribution in [2.45, 2.75) is 55.8 Å². The third-order valence-electron chi connectivity index (χ3n) is 5.23. The number of β-amino-alcohol motifs (C(OH)–C–C–N with tert-alkyl or cyclic N) is 1. The van der Waals surface area contributed by atoms with E-state index in [1.165, 1.54) is 11.6 Å². The molecule has 2 aromatic carbocycles. The molecule has 0 spiro atoms. The van der Waals surface area contributed by atoms with Crippen LogP contribution in [0.15, 0.2) is 53.4 Å². The monoisotopic (exact) mass is 514 g/mol. The lowest BCUT2D eigenvalue weighted by Crippen LogP contribution is -2.45. The summed E-state index contributed by atoms with van der Waals surface area (Å²) in [6.07, 6.45) is -2.45. The number of likely N-dealkylation sites (N-methyl/N-ethyl adjacent to an activating group) is 1. The number of benzene rings is 2. The summed E-state index contributed by atoms with van der Waals surface area (Å²) in [5.74, 6) is -1.47. The number of aliphatic carboxylic acids is 1. The Labute approximate surface area is 208 Å². The number of aliphatic hydroxyl groups is 1. The SMILES string of the molecule is CN(C[C@H](O)CNC(C)(C)CCCc1ccccc1)Sc1cc(OCC(=O)O)cc(C(F)(F)F)c1. The molecule has 0 aliphatic rings. The van der Waals surface area contributed by atoms with Gasteiger partial charge in [0, 0.05) is 23.5 Å². The van der Waals surface area contributed by atoms with Crippen LogP contribution in [0.5, 0.6) is 5.75 Å². The van der Waals surface area contributed by atoms with Crippen molar-refractivity contribution in [3.8, 4) is 5.75 Å². The van der Waals surface area contributed by atoms with E-state index in [-0.39, 0.29) is 22.7 Å².